The molecule has 1 aliphatic carbocycles. The Hall–Kier alpha value is -1.38. The Morgan fingerprint density at radius 3 is 2.22 bits per heavy atom. The van der Waals surface area contributed by atoms with Crippen molar-refractivity contribution in [2.75, 3.05) is 0 Å². The number of nitrogens with zero attached hydrogens (tertiary/aromatic N) is 1. The van der Waals surface area contributed by atoms with Crippen molar-refractivity contribution in [2.24, 2.45) is 0 Å². The maximum absolute atomic E-state index is 11.9. The van der Waals surface area contributed by atoms with E-state index in [-0.39, 0.29) is 16.4 Å². The van der Waals surface area contributed by atoms with Gasteiger partial charge in [0, 0.05) is 6.04 Å². The first-order valence-electron chi connectivity index (χ1n) is 5.94. The van der Waals surface area contributed by atoms with Gasteiger partial charge >= 0.3 is 0 Å². The lowest BCUT2D eigenvalue weighted by molar-refractivity contribution is 0.570. The van der Waals surface area contributed by atoms with Crippen molar-refractivity contribution in [1.29, 1.82) is 5.26 Å². The van der Waals surface area contributed by atoms with Crippen molar-refractivity contribution < 1.29 is 8.42 Å². The summed E-state index contributed by atoms with van der Waals surface area (Å²) in [6, 6.07) is 8.77. The van der Waals surface area contributed by atoms with Gasteiger partial charge in [-0.3, -0.25) is 0 Å². The lowest BCUT2D eigenvalue weighted by atomic mass is 9.98. The third-order valence-corrected chi connectivity index (χ3v) is 4.75. The van der Waals surface area contributed by atoms with Gasteiger partial charge in [-0.05, 0) is 44.4 Å². The van der Waals surface area contributed by atoms with Gasteiger partial charge in [0.25, 0.3) is 0 Å². The molecule has 4 nitrogen and oxygen atoms in total. The van der Waals surface area contributed by atoms with Gasteiger partial charge in [0.2, 0.25) is 10.0 Å². The lowest BCUT2D eigenvalue weighted by Crippen LogP contribution is -2.30. The summed E-state index contributed by atoms with van der Waals surface area (Å²) in [6.07, 6.45) is 1.72. The molecule has 1 N–H and O–H groups in total. The Labute approximate surface area is 108 Å². The maximum Gasteiger partial charge on any atom is 0.240 e. The standard InChI is InChI=1S/C13H16N2O2S/c1-10(2)15-18(16,17)12-5-3-11(4-6-12)13(9-14)7-8-13/h3-6,10,15H,7-8H2,1-2H3. The number of rotatable bonds is 4. The first-order chi connectivity index (χ1) is 8.39. The molecule has 96 valence electrons. The predicted octanol–water partition coefficient (Wildman–Crippen LogP) is 1.93. The normalized spacial score (nSPS) is 17.4. The van der Waals surface area contributed by atoms with E-state index in [1.54, 1.807) is 38.1 Å². The molecule has 1 saturated carbocycles. The fraction of sp³-hybridized carbons (Fsp3) is 0.462. The van der Waals surface area contributed by atoms with Crippen LogP contribution in [0.2, 0.25) is 0 Å². The van der Waals surface area contributed by atoms with Crippen LogP contribution in [0.1, 0.15) is 32.3 Å². The quantitative estimate of drug-likeness (QED) is 0.903. The van der Waals surface area contributed by atoms with E-state index in [0.717, 1.165) is 18.4 Å². The Morgan fingerprint density at radius 2 is 1.83 bits per heavy atom. The fourth-order valence-corrected chi connectivity index (χ4v) is 3.17. The third kappa shape index (κ3) is 2.40. The zero-order valence-electron chi connectivity index (χ0n) is 10.5. The minimum absolute atomic E-state index is 0.136. The Morgan fingerprint density at radius 1 is 1.28 bits per heavy atom. The second-order valence-corrected chi connectivity index (χ2v) is 6.71. The van der Waals surface area contributed by atoms with E-state index in [9.17, 15) is 8.42 Å². The summed E-state index contributed by atoms with van der Waals surface area (Å²) in [5.74, 6) is 0. The topological polar surface area (TPSA) is 70.0 Å². The van der Waals surface area contributed by atoms with E-state index in [1.165, 1.54) is 0 Å². The van der Waals surface area contributed by atoms with E-state index in [1.807, 2.05) is 0 Å². The number of hydrogen-bond donors (Lipinski definition) is 1. The smallest absolute Gasteiger partial charge is 0.209 e. The molecule has 0 heterocycles. The van der Waals surface area contributed by atoms with E-state index in [2.05, 4.69) is 10.8 Å². The predicted molar refractivity (Wildman–Crippen MR) is 68.4 cm³/mol. The molecule has 0 aromatic heterocycles. The zero-order valence-corrected chi connectivity index (χ0v) is 11.3. The molecule has 1 aromatic rings. The molecule has 0 saturated heterocycles. The molecule has 5 heteroatoms. The largest absolute Gasteiger partial charge is 0.240 e. The highest BCUT2D eigenvalue weighted by Gasteiger charge is 2.44. The summed E-state index contributed by atoms with van der Waals surface area (Å²) in [5, 5.41) is 9.08. The van der Waals surface area contributed by atoms with E-state index < -0.39 is 10.0 Å². The number of nitrogens with one attached hydrogen (secondary N) is 1. The monoisotopic (exact) mass is 264 g/mol. The van der Waals surface area contributed by atoms with Crippen LogP contribution in [0, 0.1) is 11.3 Å². The van der Waals surface area contributed by atoms with Gasteiger partial charge < -0.3 is 0 Å². The van der Waals surface area contributed by atoms with E-state index in [0.29, 0.717) is 0 Å². The maximum atomic E-state index is 11.9. The molecule has 1 fully saturated rings. The first-order valence-corrected chi connectivity index (χ1v) is 7.42. The van der Waals surface area contributed by atoms with Crippen LogP contribution < -0.4 is 4.72 Å². The number of hydrogen-bond acceptors (Lipinski definition) is 3. The van der Waals surface area contributed by atoms with Crippen LogP contribution in [0.3, 0.4) is 0 Å². The van der Waals surface area contributed by atoms with Crippen molar-refractivity contribution in [2.45, 2.75) is 43.0 Å². The molecular weight excluding hydrogens is 248 g/mol. The van der Waals surface area contributed by atoms with Gasteiger partial charge in [0.1, 0.15) is 0 Å². The molecule has 0 aliphatic heterocycles. The van der Waals surface area contributed by atoms with Gasteiger partial charge in [-0.1, -0.05) is 12.1 Å². The molecular formula is C13H16N2O2S. The molecule has 1 aliphatic rings. The van der Waals surface area contributed by atoms with Crippen LogP contribution in [0.15, 0.2) is 29.2 Å². The van der Waals surface area contributed by atoms with Crippen LogP contribution >= 0.6 is 0 Å². The van der Waals surface area contributed by atoms with Crippen LogP contribution in [0.4, 0.5) is 0 Å². The summed E-state index contributed by atoms with van der Waals surface area (Å²) < 4.78 is 26.4. The minimum Gasteiger partial charge on any atom is -0.209 e. The highest BCUT2D eigenvalue weighted by Crippen LogP contribution is 2.47. The van der Waals surface area contributed by atoms with Gasteiger partial charge in [0.05, 0.1) is 16.4 Å². The van der Waals surface area contributed by atoms with Gasteiger partial charge in [-0.2, -0.15) is 5.26 Å². The number of benzene rings is 1. The molecule has 1 aromatic carbocycles. The second kappa shape index (κ2) is 4.38. The molecule has 0 atom stereocenters. The minimum atomic E-state index is -3.44. The summed E-state index contributed by atoms with van der Waals surface area (Å²) in [4.78, 5) is 0.244. The van der Waals surface area contributed by atoms with Crippen molar-refractivity contribution >= 4 is 10.0 Å². The third-order valence-electron chi connectivity index (χ3n) is 3.07. The van der Waals surface area contributed by atoms with Crippen LogP contribution in [-0.2, 0) is 15.4 Å². The molecule has 2 rings (SSSR count). The number of nitriles is 1. The van der Waals surface area contributed by atoms with Crippen molar-refractivity contribution in [3.63, 3.8) is 0 Å². The summed E-state index contributed by atoms with van der Waals surface area (Å²) in [6.45, 7) is 3.56. The van der Waals surface area contributed by atoms with Crippen molar-refractivity contribution in [1.82, 2.24) is 4.72 Å². The van der Waals surface area contributed by atoms with E-state index in [4.69, 9.17) is 5.26 Å². The molecule has 0 spiro atoms. The number of sulfonamides is 1. The van der Waals surface area contributed by atoms with E-state index >= 15 is 0 Å². The summed E-state index contributed by atoms with van der Waals surface area (Å²) in [5.41, 5.74) is 0.543. The molecule has 0 unspecified atom stereocenters. The Balaban J connectivity index is 2.26. The Bertz CT molecular complexity index is 578. The summed E-state index contributed by atoms with van der Waals surface area (Å²) in [7, 11) is -3.44. The van der Waals surface area contributed by atoms with Gasteiger partial charge in [0.15, 0.2) is 0 Å². The van der Waals surface area contributed by atoms with Crippen molar-refractivity contribution in [3.8, 4) is 6.07 Å². The highest BCUT2D eigenvalue weighted by molar-refractivity contribution is 7.89. The zero-order chi connectivity index (χ0) is 13.4. The fourth-order valence-electron chi connectivity index (χ4n) is 1.92. The average Bonchev–Trinajstić information content (AvgIpc) is 3.08. The second-order valence-electron chi connectivity index (χ2n) is 4.99. The molecule has 0 amide bonds. The van der Waals surface area contributed by atoms with Gasteiger partial charge in [-0.15, -0.1) is 0 Å². The average molecular weight is 264 g/mol. The summed E-state index contributed by atoms with van der Waals surface area (Å²) >= 11 is 0. The van der Waals surface area contributed by atoms with Crippen LogP contribution in [0.25, 0.3) is 0 Å². The lowest BCUT2D eigenvalue weighted by Gasteiger charge is -2.11. The molecule has 0 radical (unpaired) electrons. The van der Waals surface area contributed by atoms with Crippen LogP contribution in [-0.4, -0.2) is 14.5 Å². The van der Waals surface area contributed by atoms with Gasteiger partial charge in [-0.25, -0.2) is 13.1 Å². The Kier molecular flexibility index (Phi) is 3.18. The van der Waals surface area contributed by atoms with Crippen molar-refractivity contribution in [3.05, 3.63) is 29.8 Å². The van der Waals surface area contributed by atoms with Crippen LogP contribution in [0.5, 0.6) is 0 Å². The first kappa shape index (κ1) is 13.1. The SMILES string of the molecule is CC(C)NS(=O)(=O)c1ccc(C2(C#N)CC2)cc1. The molecule has 18 heavy (non-hydrogen) atoms. The molecule has 0 bridgehead atoms. The highest BCUT2D eigenvalue weighted by atomic mass is 32.2.